The van der Waals surface area contributed by atoms with Gasteiger partial charge in [0, 0.05) is 50.0 Å². The van der Waals surface area contributed by atoms with Gasteiger partial charge in [0.25, 0.3) is 0 Å². The Balaban J connectivity index is 1.08. The molecule has 6 rings (SSSR count). The number of amides is 3. The molecule has 198 valence electrons. The summed E-state index contributed by atoms with van der Waals surface area (Å²) in [7, 11) is 1.78. The Bertz CT molecular complexity index is 1320. The van der Waals surface area contributed by atoms with Gasteiger partial charge in [-0.05, 0) is 58.9 Å². The van der Waals surface area contributed by atoms with Crippen LogP contribution in [0.5, 0.6) is 0 Å². The molecule has 1 aliphatic carbocycles. The summed E-state index contributed by atoms with van der Waals surface area (Å²) in [5.74, 6) is 1.17. The second kappa shape index (κ2) is 10.5. The van der Waals surface area contributed by atoms with E-state index >= 15 is 0 Å². The molecule has 0 bridgehead atoms. The molecule has 3 heterocycles. The first kappa shape index (κ1) is 24.5. The monoisotopic (exact) mass is 514 g/mol. The Morgan fingerprint density at radius 1 is 1.05 bits per heavy atom. The minimum Gasteiger partial charge on any atom is -0.335 e. The predicted molar refractivity (Wildman–Crippen MR) is 143 cm³/mol. The molecule has 0 radical (unpaired) electrons. The van der Waals surface area contributed by atoms with Gasteiger partial charge >= 0.3 is 6.03 Å². The number of aryl methyl sites for hydroxylation is 1. The number of carbonyl (C=O) groups excluding carboxylic acids is 2. The highest BCUT2D eigenvalue weighted by molar-refractivity contribution is 5.90. The van der Waals surface area contributed by atoms with Crippen LogP contribution in [0.25, 0.3) is 11.4 Å². The third-order valence-electron chi connectivity index (χ3n) is 8.22. The number of hydrogen-bond donors (Lipinski definition) is 2. The van der Waals surface area contributed by atoms with Crippen molar-refractivity contribution in [2.24, 2.45) is 13.0 Å². The van der Waals surface area contributed by atoms with E-state index in [0.29, 0.717) is 24.0 Å². The van der Waals surface area contributed by atoms with Crippen molar-refractivity contribution >= 4 is 17.6 Å². The summed E-state index contributed by atoms with van der Waals surface area (Å²) in [5.41, 5.74) is 4.15. The summed E-state index contributed by atoms with van der Waals surface area (Å²) in [5, 5.41) is 17.8. The largest absolute Gasteiger partial charge is 0.335 e. The quantitative estimate of drug-likeness (QED) is 0.542. The van der Waals surface area contributed by atoms with E-state index in [4.69, 9.17) is 0 Å². The number of hydrogen-bond acceptors (Lipinski definition) is 6. The van der Waals surface area contributed by atoms with Crippen molar-refractivity contribution in [1.29, 1.82) is 0 Å². The number of aromatic nitrogens is 4. The fourth-order valence-corrected chi connectivity index (χ4v) is 6.32. The van der Waals surface area contributed by atoms with E-state index in [0.717, 1.165) is 57.3 Å². The van der Waals surface area contributed by atoms with Crippen LogP contribution in [0.15, 0.2) is 48.5 Å². The maximum absolute atomic E-state index is 13.1. The lowest BCUT2D eigenvalue weighted by Crippen LogP contribution is -2.59. The molecule has 3 aromatic rings. The zero-order valence-electron chi connectivity index (χ0n) is 21.7. The molecule has 3 aliphatic rings. The van der Waals surface area contributed by atoms with Crippen molar-refractivity contribution in [3.8, 4) is 11.4 Å². The van der Waals surface area contributed by atoms with Crippen LogP contribution in [0.4, 0.5) is 10.5 Å². The molecule has 38 heavy (non-hydrogen) atoms. The van der Waals surface area contributed by atoms with Gasteiger partial charge in [0.2, 0.25) is 5.91 Å². The predicted octanol–water partition coefficient (Wildman–Crippen LogP) is 2.83. The number of nitrogens with one attached hydrogen (secondary N) is 2. The number of piperazine rings is 1. The first-order chi connectivity index (χ1) is 18.5. The Kier molecular flexibility index (Phi) is 6.80. The molecule has 1 saturated carbocycles. The van der Waals surface area contributed by atoms with Gasteiger partial charge in [-0.2, -0.15) is 0 Å². The van der Waals surface area contributed by atoms with E-state index in [-0.39, 0.29) is 24.0 Å². The first-order valence-corrected chi connectivity index (χ1v) is 13.5. The normalized spacial score (nSPS) is 23.4. The number of rotatable bonds is 5. The Hall–Kier alpha value is -3.79. The van der Waals surface area contributed by atoms with Crippen LogP contribution in [-0.4, -0.2) is 73.7 Å². The van der Waals surface area contributed by atoms with Crippen LogP contribution >= 0.6 is 0 Å². The highest BCUT2D eigenvalue weighted by Gasteiger charge is 2.37. The number of fused-ring (bicyclic) bond motifs is 2. The summed E-state index contributed by atoms with van der Waals surface area (Å²) < 4.78 is 1.60. The molecule has 10 heteroatoms. The van der Waals surface area contributed by atoms with Gasteiger partial charge in [0.1, 0.15) is 0 Å². The molecule has 3 atom stereocenters. The number of nitrogens with zero attached hydrogens (tertiary/aromatic N) is 6. The molecule has 3 amide bonds. The van der Waals surface area contributed by atoms with Gasteiger partial charge < -0.3 is 15.5 Å². The van der Waals surface area contributed by atoms with Crippen LogP contribution < -0.4 is 10.6 Å². The highest BCUT2D eigenvalue weighted by atomic mass is 16.2. The summed E-state index contributed by atoms with van der Waals surface area (Å²) in [6.07, 6.45) is 5.18. The van der Waals surface area contributed by atoms with Gasteiger partial charge in [0.05, 0.1) is 6.54 Å². The lowest BCUT2D eigenvalue weighted by molar-refractivity contribution is -0.141. The van der Waals surface area contributed by atoms with Gasteiger partial charge in [-0.15, -0.1) is 5.10 Å². The van der Waals surface area contributed by atoms with Crippen LogP contribution in [-0.2, 0) is 24.8 Å². The third-order valence-corrected chi connectivity index (χ3v) is 8.22. The second-order valence-corrected chi connectivity index (χ2v) is 10.8. The SMILES string of the molecule is Cn1nnnc1-c1cccc(NC(=O)N[C@@H]2CCCC[C@H]2CN2CC(=O)N3Cc4ccccc4CC3C2)c1. The molecule has 1 aromatic heterocycles. The van der Waals surface area contributed by atoms with Gasteiger partial charge in [0.15, 0.2) is 5.82 Å². The molecule has 1 unspecified atom stereocenters. The van der Waals surface area contributed by atoms with Crippen LogP contribution in [0, 0.1) is 5.92 Å². The lowest BCUT2D eigenvalue weighted by Gasteiger charge is -2.46. The molecular weight excluding hydrogens is 480 g/mol. The summed E-state index contributed by atoms with van der Waals surface area (Å²) in [6.45, 7) is 2.89. The van der Waals surface area contributed by atoms with E-state index in [9.17, 15) is 9.59 Å². The maximum Gasteiger partial charge on any atom is 0.319 e. The summed E-state index contributed by atoms with van der Waals surface area (Å²) >= 11 is 0. The van der Waals surface area contributed by atoms with Crippen LogP contribution in [0.3, 0.4) is 0 Å². The average Bonchev–Trinajstić information content (AvgIpc) is 3.35. The fraction of sp³-hybridized carbons (Fsp3) is 0.464. The zero-order valence-corrected chi connectivity index (χ0v) is 21.7. The van der Waals surface area contributed by atoms with E-state index in [1.807, 2.05) is 24.3 Å². The van der Waals surface area contributed by atoms with Gasteiger partial charge in [-0.1, -0.05) is 49.2 Å². The summed E-state index contributed by atoms with van der Waals surface area (Å²) in [4.78, 5) is 30.5. The number of benzene rings is 2. The number of carbonyl (C=O) groups is 2. The van der Waals surface area contributed by atoms with Crippen molar-refractivity contribution < 1.29 is 9.59 Å². The minimum absolute atomic E-state index is 0.0788. The zero-order chi connectivity index (χ0) is 26.1. The van der Waals surface area contributed by atoms with Crippen LogP contribution in [0.2, 0.25) is 0 Å². The van der Waals surface area contributed by atoms with E-state index in [1.165, 1.54) is 11.1 Å². The topological polar surface area (TPSA) is 108 Å². The smallest absolute Gasteiger partial charge is 0.319 e. The Morgan fingerprint density at radius 2 is 1.89 bits per heavy atom. The fourth-order valence-electron chi connectivity index (χ4n) is 6.32. The molecule has 2 fully saturated rings. The number of tetrazole rings is 1. The Morgan fingerprint density at radius 3 is 2.74 bits per heavy atom. The van der Waals surface area contributed by atoms with Gasteiger partial charge in [-0.25, -0.2) is 9.48 Å². The minimum atomic E-state index is -0.208. The van der Waals surface area contributed by atoms with Crippen molar-refractivity contribution in [2.75, 3.05) is 25.0 Å². The number of anilines is 1. The summed E-state index contributed by atoms with van der Waals surface area (Å²) in [6, 6.07) is 16.1. The van der Waals surface area contributed by atoms with E-state index in [1.54, 1.807) is 11.7 Å². The molecule has 10 nitrogen and oxygen atoms in total. The third kappa shape index (κ3) is 5.13. The molecule has 1 saturated heterocycles. The molecule has 2 N–H and O–H groups in total. The molecule has 2 aliphatic heterocycles. The highest BCUT2D eigenvalue weighted by Crippen LogP contribution is 2.30. The van der Waals surface area contributed by atoms with Crippen molar-refractivity contribution in [2.45, 2.75) is 50.7 Å². The van der Waals surface area contributed by atoms with Crippen LogP contribution in [0.1, 0.15) is 36.8 Å². The van der Waals surface area contributed by atoms with Gasteiger partial charge in [-0.3, -0.25) is 9.69 Å². The van der Waals surface area contributed by atoms with Crippen molar-refractivity contribution in [3.63, 3.8) is 0 Å². The molecule has 0 spiro atoms. The number of urea groups is 1. The second-order valence-electron chi connectivity index (χ2n) is 10.8. The Labute approximate surface area is 222 Å². The first-order valence-electron chi connectivity index (χ1n) is 13.5. The standard InChI is InChI=1S/C28H34N8O2/c1-34-27(31-32-33-34)20-10-6-11-23(13-20)29-28(38)30-25-12-5-4-9-22(25)15-35-17-24-14-19-7-2-3-8-21(19)16-36(24)26(37)18-35/h2-3,6-8,10-11,13,22,24-25H,4-5,9,12,14-18H2,1H3,(H2,29,30,38)/t22-,24?,25+/m0/s1. The van der Waals surface area contributed by atoms with Crippen molar-refractivity contribution in [1.82, 2.24) is 35.3 Å². The molecule has 2 aromatic carbocycles. The van der Waals surface area contributed by atoms with Crippen molar-refractivity contribution in [3.05, 3.63) is 59.7 Å². The van der Waals surface area contributed by atoms with E-state index < -0.39 is 0 Å². The average molecular weight is 515 g/mol. The van der Waals surface area contributed by atoms with E-state index in [2.05, 4.69) is 60.2 Å². The maximum atomic E-state index is 13.1. The molecular formula is C28H34N8O2. The lowest BCUT2D eigenvalue weighted by atomic mass is 9.83.